The van der Waals surface area contributed by atoms with Crippen LogP contribution in [0.5, 0.6) is 5.75 Å². The third-order valence-electron chi connectivity index (χ3n) is 4.07. The minimum atomic E-state index is -0.301. The first-order valence-electron chi connectivity index (χ1n) is 8.02. The summed E-state index contributed by atoms with van der Waals surface area (Å²) >= 11 is 1.55. The minimum Gasteiger partial charge on any atom is -0.423 e. The Kier molecular flexibility index (Phi) is 6.28. The monoisotopic (exact) mass is 328 g/mol. The second kappa shape index (κ2) is 8.21. The molecule has 0 N–H and O–H groups in total. The maximum absolute atomic E-state index is 12.4. The smallest absolute Gasteiger partial charge is 0.344 e. The molecular weight excluding hydrogens is 304 g/mol. The van der Waals surface area contributed by atoms with Crippen LogP contribution in [0.2, 0.25) is 0 Å². The fraction of sp³-hybridized carbons (Fsp3) is 0.350. The van der Waals surface area contributed by atoms with Crippen molar-refractivity contribution in [3.05, 3.63) is 59.7 Å². The third-order valence-corrected chi connectivity index (χ3v) is 4.86. The molecule has 1 atom stereocenters. The van der Waals surface area contributed by atoms with E-state index in [0.717, 1.165) is 11.3 Å². The summed E-state index contributed by atoms with van der Waals surface area (Å²) in [4.78, 5) is 13.4. The number of hydrogen-bond acceptors (Lipinski definition) is 3. The van der Waals surface area contributed by atoms with E-state index in [1.165, 1.54) is 5.56 Å². The van der Waals surface area contributed by atoms with E-state index in [1.54, 1.807) is 17.8 Å². The SMILES string of the molecule is CCC(c1cccc(OC(=O)c2ccccc2SC)c1)C(C)C. The van der Waals surface area contributed by atoms with E-state index in [2.05, 4.69) is 26.8 Å². The van der Waals surface area contributed by atoms with Crippen molar-refractivity contribution in [1.29, 1.82) is 0 Å². The molecule has 23 heavy (non-hydrogen) atoms. The molecule has 2 nitrogen and oxygen atoms in total. The standard InChI is InChI=1S/C20H24O2S/c1-5-17(14(2)3)15-9-8-10-16(13-15)22-20(21)18-11-6-7-12-19(18)23-4/h6-14,17H,5H2,1-4H3. The fourth-order valence-electron chi connectivity index (χ4n) is 2.88. The summed E-state index contributed by atoms with van der Waals surface area (Å²) in [5.41, 5.74) is 1.84. The summed E-state index contributed by atoms with van der Waals surface area (Å²) in [5, 5.41) is 0. The molecule has 2 aromatic rings. The van der Waals surface area contributed by atoms with E-state index >= 15 is 0 Å². The summed E-state index contributed by atoms with van der Waals surface area (Å²) in [6, 6.07) is 15.4. The highest BCUT2D eigenvalue weighted by molar-refractivity contribution is 7.98. The highest BCUT2D eigenvalue weighted by Crippen LogP contribution is 2.30. The van der Waals surface area contributed by atoms with Crippen molar-refractivity contribution >= 4 is 17.7 Å². The van der Waals surface area contributed by atoms with Crippen molar-refractivity contribution < 1.29 is 9.53 Å². The van der Waals surface area contributed by atoms with E-state index in [9.17, 15) is 4.79 Å². The van der Waals surface area contributed by atoms with Crippen LogP contribution < -0.4 is 4.74 Å². The zero-order chi connectivity index (χ0) is 16.8. The van der Waals surface area contributed by atoms with E-state index < -0.39 is 0 Å². The minimum absolute atomic E-state index is 0.301. The van der Waals surface area contributed by atoms with Crippen LogP contribution in [-0.2, 0) is 0 Å². The molecule has 0 bridgehead atoms. The Labute approximate surface area is 143 Å². The van der Waals surface area contributed by atoms with Gasteiger partial charge in [0.15, 0.2) is 0 Å². The summed E-state index contributed by atoms with van der Waals surface area (Å²) < 4.78 is 5.61. The summed E-state index contributed by atoms with van der Waals surface area (Å²) in [5.74, 6) is 1.35. The van der Waals surface area contributed by atoms with Crippen molar-refractivity contribution in [2.75, 3.05) is 6.26 Å². The van der Waals surface area contributed by atoms with Gasteiger partial charge in [-0.25, -0.2) is 4.79 Å². The fourth-order valence-corrected chi connectivity index (χ4v) is 3.46. The maximum atomic E-state index is 12.4. The molecule has 0 aliphatic heterocycles. The average molecular weight is 328 g/mol. The number of ether oxygens (including phenoxy) is 1. The van der Waals surface area contributed by atoms with Gasteiger partial charge < -0.3 is 4.74 Å². The van der Waals surface area contributed by atoms with Crippen LogP contribution in [0.25, 0.3) is 0 Å². The lowest BCUT2D eigenvalue weighted by Crippen LogP contribution is -2.11. The predicted molar refractivity (Wildman–Crippen MR) is 97.5 cm³/mol. The van der Waals surface area contributed by atoms with Gasteiger partial charge in [-0.2, -0.15) is 0 Å². The molecule has 0 spiro atoms. The quantitative estimate of drug-likeness (QED) is 0.382. The van der Waals surface area contributed by atoms with E-state index in [-0.39, 0.29) is 5.97 Å². The van der Waals surface area contributed by atoms with Gasteiger partial charge in [-0.15, -0.1) is 11.8 Å². The van der Waals surface area contributed by atoms with E-state index in [1.807, 2.05) is 42.7 Å². The Morgan fingerprint density at radius 1 is 1.13 bits per heavy atom. The molecule has 0 saturated heterocycles. The van der Waals surface area contributed by atoms with Crippen molar-refractivity contribution in [3.8, 4) is 5.75 Å². The largest absolute Gasteiger partial charge is 0.423 e. The molecule has 2 aromatic carbocycles. The molecular formula is C20H24O2S. The molecule has 1 unspecified atom stereocenters. The Morgan fingerprint density at radius 2 is 1.87 bits per heavy atom. The van der Waals surface area contributed by atoms with Crippen LogP contribution in [0.1, 0.15) is 49.0 Å². The van der Waals surface area contributed by atoms with Crippen LogP contribution >= 0.6 is 11.8 Å². The number of carbonyl (C=O) groups excluding carboxylic acids is 1. The molecule has 0 aromatic heterocycles. The zero-order valence-corrected chi connectivity index (χ0v) is 15.0. The molecule has 3 heteroatoms. The Morgan fingerprint density at radius 3 is 2.52 bits per heavy atom. The summed E-state index contributed by atoms with van der Waals surface area (Å²) in [7, 11) is 0. The van der Waals surface area contributed by atoms with Gasteiger partial charge in [0.2, 0.25) is 0 Å². The van der Waals surface area contributed by atoms with Gasteiger partial charge in [-0.3, -0.25) is 0 Å². The van der Waals surface area contributed by atoms with Crippen LogP contribution in [0.15, 0.2) is 53.4 Å². The van der Waals surface area contributed by atoms with E-state index in [4.69, 9.17) is 4.74 Å². The van der Waals surface area contributed by atoms with Gasteiger partial charge in [0.1, 0.15) is 5.75 Å². The first-order chi connectivity index (χ1) is 11.1. The third kappa shape index (κ3) is 4.38. The van der Waals surface area contributed by atoms with Gasteiger partial charge >= 0.3 is 5.97 Å². The topological polar surface area (TPSA) is 26.3 Å². The highest BCUT2D eigenvalue weighted by atomic mass is 32.2. The Balaban J connectivity index is 2.22. The van der Waals surface area contributed by atoms with Gasteiger partial charge in [-0.05, 0) is 54.3 Å². The van der Waals surface area contributed by atoms with Gasteiger partial charge in [0.05, 0.1) is 5.56 Å². The Hall–Kier alpha value is -1.74. The molecule has 0 radical (unpaired) electrons. The molecule has 0 saturated carbocycles. The molecule has 0 aliphatic rings. The van der Waals surface area contributed by atoms with Crippen molar-refractivity contribution in [2.45, 2.75) is 38.0 Å². The van der Waals surface area contributed by atoms with Gasteiger partial charge in [0, 0.05) is 4.90 Å². The van der Waals surface area contributed by atoms with Crippen LogP contribution in [0.4, 0.5) is 0 Å². The lowest BCUT2D eigenvalue weighted by atomic mass is 9.86. The molecule has 0 fully saturated rings. The number of hydrogen-bond donors (Lipinski definition) is 0. The Bertz CT molecular complexity index is 664. The molecule has 122 valence electrons. The first kappa shape index (κ1) is 17.6. The van der Waals surface area contributed by atoms with Crippen molar-refractivity contribution in [2.24, 2.45) is 5.92 Å². The molecule has 0 heterocycles. The van der Waals surface area contributed by atoms with Gasteiger partial charge in [0.25, 0.3) is 0 Å². The van der Waals surface area contributed by atoms with E-state index in [0.29, 0.717) is 23.1 Å². The molecule has 0 aliphatic carbocycles. The second-order valence-electron chi connectivity index (χ2n) is 5.92. The normalized spacial score (nSPS) is 12.2. The molecule has 0 amide bonds. The van der Waals surface area contributed by atoms with Gasteiger partial charge in [-0.1, -0.05) is 45.0 Å². The zero-order valence-electron chi connectivity index (χ0n) is 14.2. The number of esters is 1. The van der Waals surface area contributed by atoms with Crippen LogP contribution in [0.3, 0.4) is 0 Å². The number of thioether (sulfide) groups is 1. The summed E-state index contributed by atoms with van der Waals surface area (Å²) in [6.07, 6.45) is 3.03. The number of benzene rings is 2. The number of rotatable bonds is 6. The van der Waals surface area contributed by atoms with Crippen molar-refractivity contribution in [1.82, 2.24) is 0 Å². The maximum Gasteiger partial charge on any atom is 0.344 e. The van der Waals surface area contributed by atoms with Crippen LogP contribution in [0, 0.1) is 5.92 Å². The molecule has 2 rings (SSSR count). The van der Waals surface area contributed by atoms with Crippen molar-refractivity contribution in [3.63, 3.8) is 0 Å². The number of carbonyl (C=O) groups is 1. The lowest BCUT2D eigenvalue weighted by molar-refractivity contribution is 0.0731. The highest BCUT2D eigenvalue weighted by Gasteiger charge is 2.16. The first-order valence-corrected chi connectivity index (χ1v) is 9.24. The average Bonchev–Trinajstić information content (AvgIpc) is 2.55. The lowest BCUT2D eigenvalue weighted by Gasteiger charge is -2.20. The summed E-state index contributed by atoms with van der Waals surface area (Å²) in [6.45, 7) is 6.64. The second-order valence-corrected chi connectivity index (χ2v) is 6.77. The predicted octanol–water partition coefficient (Wildman–Crippen LogP) is 5.78. The van der Waals surface area contributed by atoms with Crippen LogP contribution in [-0.4, -0.2) is 12.2 Å².